The van der Waals surface area contributed by atoms with E-state index in [1.807, 2.05) is 0 Å². The minimum absolute atomic E-state index is 0.404. The number of aryl methyl sites for hydroxylation is 2. The van der Waals surface area contributed by atoms with Crippen LogP contribution in [0, 0.1) is 13.8 Å². The molecule has 0 saturated carbocycles. The second-order valence-electron chi connectivity index (χ2n) is 6.40. The molecule has 0 aliphatic carbocycles. The first-order valence-corrected chi connectivity index (χ1v) is 11.6. The molecule has 146 valence electrons. The Morgan fingerprint density at radius 1 is 0.885 bits per heavy atom. The molecular formula is C18H21F6PS. The zero-order chi connectivity index (χ0) is 19.7. The van der Waals surface area contributed by atoms with Crippen molar-refractivity contribution in [2.24, 2.45) is 0 Å². The molecule has 26 heavy (non-hydrogen) atoms. The average Bonchev–Trinajstić information content (AvgIpc) is 2.94. The standard InChI is InChI=1S/C18H21S.F6P/c1-14-10-11-17(15(2)13-14)18-9-6-12-19(18)16-7-4-3-5-8-16;1-7(2,3,4,5)6/h3-5,7-8,10-11,13,18H,6,9,12H2,1-2H3;/q+1;-1. The Morgan fingerprint density at radius 2 is 1.46 bits per heavy atom. The van der Waals surface area contributed by atoms with E-state index >= 15 is 0 Å². The fourth-order valence-electron chi connectivity index (χ4n) is 3.08. The Labute approximate surface area is 152 Å². The number of halogens is 6. The van der Waals surface area contributed by atoms with Crippen molar-refractivity contribution >= 4 is 18.7 Å². The van der Waals surface area contributed by atoms with Crippen LogP contribution >= 0.6 is 7.81 Å². The van der Waals surface area contributed by atoms with Crippen molar-refractivity contribution in [3.05, 3.63) is 65.2 Å². The van der Waals surface area contributed by atoms with E-state index in [-0.39, 0.29) is 0 Å². The van der Waals surface area contributed by atoms with E-state index in [1.165, 1.54) is 29.7 Å². The molecule has 0 N–H and O–H groups in total. The molecule has 2 aromatic rings. The van der Waals surface area contributed by atoms with Gasteiger partial charge in [-0.05, 0) is 38.0 Å². The first kappa shape index (κ1) is 21.1. The summed E-state index contributed by atoms with van der Waals surface area (Å²) in [5, 5.41) is 0.739. The summed E-state index contributed by atoms with van der Waals surface area (Å²) in [5.74, 6) is 1.36. The predicted octanol–water partition coefficient (Wildman–Crippen LogP) is 8.20. The van der Waals surface area contributed by atoms with Crippen LogP contribution in [0.5, 0.6) is 0 Å². The summed E-state index contributed by atoms with van der Waals surface area (Å²) in [6.45, 7) is 4.45. The summed E-state index contributed by atoms with van der Waals surface area (Å²) in [5.41, 5.74) is 4.43. The fourth-order valence-corrected chi connectivity index (χ4v) is 5.94. The fraction of sp³-hybridized carbons (Fsp3) is 0.333. The van der Waals surface area contributed by atoms with Gasteiger partial charge in [-0.3, -0.25) is 0 Å². The van der Waals surface area contributed by atoms with Crippen molar-refractivity contribution in [2.45, 2.75) is 36.8 Å². The molecule has 0 spiro atoms. The van der Waals surface area contributed by atoms with Gasteiger partial charge in [0, 0.05) is 22.9 Å². The van der Waals surface area contributed by atoms with Gasteiger partial charge in [0.15, 0.2) is 4.90 Å². The van der Waals surface area contributed by atoms with Gasteiger partial charge >= 0.3 is 33.0 Å². The van der Waals surface area contributed by atoms with Gasteiger partial charge in [0.2, 0.25) is 0 Å². The summed E-state index contributed by atoms with van der Waals surface area (Å²) in [6, 6.07) is 18.1. The SMILES string of the molecule is Cc1ccc(C2CCC[S+]2c2ccccc2)c(C)c1.F[P-](F)(F)(F)(F)F. The van der Waals surface area contributed by atoms with Crippen LogP contribution in [0.4, 0.5) is 25.2 Å². The Hall–Kier alpha value is -1.20. The Balaban J connectivity index is 0.000000298. The van der Waals surface area contributed by atoms with E-state index in [0.717, 1.165) is 5.25 Å². The predicted molar refractivity (Wildman–Crippen MR) is 98.4 cm³/mol. The monoisotopic (exact) mass is 414 g/mol. The molecule has 1 fully saturated rings. The van der Waals surface area contributed by atoms with Crippen molar-refractivity contribution in [1.29, 1.82) is 0 Å². The van der Waals surface area contributed by atoms with Gasteiger partial charge < -0.3 is 0 Å². The molecular weight excluding hydrogens is 393 g/mol. The van der Waals surface area contributed by atoms with Crippen LogP contribution in [0.2, 0.25) is 0 Å². The van der Waals surface area contributed by atoms with Crippen LogP contribution in [0.25, 0.3) is 0 Å². The van der Waals surface area contributed by atoms with Gasteiger partial charge in [0.05, 0.1) is 0 Å². The molecule has 2 aromatic carbocycles. The normalized spacial score (nSPS) is 22.8. The summed E-state index contributed by atoms with van der Waals surface area (Å²) in [4.78, 5) is 1.55. The van der Waals surface area contributed by atoms with E-state index in [2.05, 4.69) is 62.4 Å². The topological polar surface area (TPSA) is 0 Å². The second kappa shape index (κ2) is 6.75. The zero-order valence-electron chi connectivity index (χ0n) is 14.4. The molecule has 1 aliphatic heterocycles. The van der Waals surface area contributed by atoms with Gasteiger partial charge in [0.1, 0.15) is 11.0 Å². The molecule has 0 aromatic heterocycles. The molecule has 8 heteroatoms. The number of hydrogen-bond donors (Lipinski definition) is 0. The molecule has 1 heterocycles. The molecule has 2 atom stereocenters. The molecule has 1 saturated heterocycles. The summed E-state index contributed by atoms with van der Waals surface area (Å²) < 4.78 is 59.2. The van der Waals surface area contributed by atoms with Crippen LogP contribution in [-0.2, 0) is 10.9 Å². The van der Waals surface area contributed by atoms with Gasteiger partial charge in [-0.2, -0.15) is 0 Å². The summed E-state index contributed by atoms with van der Waals surface area (Å²) >= 11 is 0. The van der Waals surface area contributed by atoms with Gasteiger partial charge in [0.25, 0.3) is 0 Å². The zero-order valence-corrected chi connectivity index (χ0v) is 16.2. The first-order chi connectivity index (χ1) is 11.7. The van der Waals surface area contributed by atoms with Crippen molar-refractivity contribution in [1.82, 2.24) is 0 Å². The molecule has 1 aliphatic rings. The van der Waals surface area contributed by atoms with Crippen molar-refractivity contribution in [3.8, 4) is 0 Å². The third kappa shape index (κ3) is 7.58. The van der Waals surface area contributed by atoms with Crippen molar-refractivity contribution in [2.75, 3.05) is 5.75 Å². The van der Waals surface area contributed by atoms with E-state index in [9.17, 15) is 25.2 Å². The number of hydrogen-bond acceptors (Lipinski definition) is 0. The van der Waals surface area contributed by atoms with Crippen molar-refractivity contribution < 1.29 is 25.2 Å². The quantitative estimate of drug-likeness (QED) is 0.264. The number of rotatable bonds is 2. The molecule has 2 unspecified atom stereocenters. The van der Waals surface area contributed by atoms with Crippen LogP contribution < -0.4 is 0 Å². The Kier molecular flexibility index (Phi) is 5.48. The van der Waals surface area contributed by atoms with Gasteiger partial charge in [-0.25, -0.2) is 0 Å². The summed E-state index contributed by atoms with van der Waals surface area (Å²) in [6.07, 6.45) is 2.72. The van der Waals surface area contributed by atoms with Crippen LogP contribution in [-0.4, -0.2) is 5.75 Å². The minimum atomic E-state index is -10.7. The maximum atomic E-state index is 9.87. The molecule has 0 bridgehead atoms. The third-order valence-electron chi connectivity index (χ3n) is 3.99. The second-order valence-corrected chi connectivity index (χ2v) is 10.6. The van der Waals surface area contributed by atoms with E-state index in [0.29, 0.717) is 10.9 Å². The molecule has 0 nitrogen and oxygen atoms in total. The molecule has 0 amide bonds. The van der Waals surface area contributed by atoms with E-state index < -0.39 is 7.81 Å². The Bertz CT molecular complexity index is 747. The van der Waals surface area contributed by atoms with Gasteiger partial charge in [-0.1, -0.05) is 42.0 Å². The molecule has 3 rings (SSSR count). The third-order valence-corrected chi connectivity index (χ3v) is 6.77. The van der Waals surface area contributed by atoms with Crippen LogP contribution in [0.1, 0.15) is 34.8 Å². The van der Waals surface area contributed by atoms with E-state index in [1.54, 1.807) is 10.5 Å². The van der Waals surface area contributed by atoms with Crippen LogP contribution in [0.3, 0.4) is 0 Å². The average molecular weight is 414 g/mol. The van der Waals surface area contributed by atoms with Crippen molar-refractivity contribution in [3.63, 3.8) is 0 Å². The van der Waals surface area contributed by atoms with E-state index in [4.69, 9.17) is 0 Å². The Morgan fingerprint density at radius 3 is 2.00 bits per heavy atom. The van der Waals surface area contributed by atoms with Gasteiger partial charge in [-0.15, -0.1) is 0 Å². The summed E-state index contributed by atoms with van der Waals surface area (Å²) in [7, 11) is -10.3. The molecule has 0 radical (unpaired) electrons. The number of benzene rings is 2. The first-order valence-electron chi connectivity index (χ1n) is 8.09. The van der Waals surface area contributed by atoms with Crippen LogP contribution in [0.15, 0.2) is 53.4 Å². The maximum absolute atomic E-state index is 10.7.